The van der Waals surface area contributed by atoms with Crippen molar-refractivity contribution in [3.05, 3.63) is 90.8 Å². The zero-order valence-corrected chi connectivity index (χ0v) is 20.7. The normalized spacial score (nSPS) is 20.0. The van der Waals surface area contributed by atoms with E-state index in [1.54, 1.807) is 0 Å². The van der Waals surface area contributed by atoms with Crippen molar-refractivity contribution >= 4 is 37.6 Å². The van der Waals surface area contributed by atoms with Crippen molar-refractivity contribution in [2.45, 2.75) is 31.8 Å². The average molecular weight is 555 g/mol. The van der Waals surface area contributed by atoms with Gasteiger partial charge in [-0.05, 0) is 44.5 Å². The third-order valence-electron chi connectivity index (χ3n) is 4.66. The fraction of sp³-hybridized carbons (Fsp3) is 0.261. The topological polar surface area (TPSA) is 31.4 Å². The molecule has 1 saturated heterocycles. The molecule has 0 amide bonds. The van der Waals surface area contributed by atoms with Crippen LogP contribution in [-0.4, -0.2) is 23.0 Å². The Labute approximate surface area is 196 Å². The molecule has 2 atom stereocenters. The van der Waals surface area contributed by atoms with Gasteiger partial charge in [0.2, 0.25) is 0 Å². The van der Waals surface area contributed by atoms with Gasteiger partial charge in [0.1, 0.15) is 6.10 Å². The average Bonchev–Trinajstić information content (AvgIpc) is 3.09. The molecule has 4 rings (SSSR count). The van der Waals surface area contributed by atoms with Gasteiger partial charge in [0.05, 0.1) is 11.8 Å². The molecule has 1 aliphatic heterocycles. The van der Waals surface area contributed by atoms with E-state index in [1.165, 1.54) is 10.6 Å². The first-order chi connectivity index (χ1) is 14.5. The summed E-state index contributed by atoms with van der Waals surface area (Å²) in [5.74, 6) is -0.610. The monoisotopic (exact) mass is 553 g/mol. The predicted octanol–water partition coefficient (Wildman–Crippen LogP) is 5.78. The second kappa shape index (κ2) is 11.7. The molecule has 0 saturated carbocycles. The molecule has 3 aromatic rings. The summed E-state index contributed by atoms with van der Waals surface area (Å²) in [7, 11) is 9.07. The van der Waals surface area contributed by atoms with E-state index < -0.39 is 13.7 Å². The molecule has 0 aliphatic carbocycles. The number of ether oxygens (including phenoxy) is 2. The Morgan fingerprint density at radius 1 is 0.867 bits per heavy atom. The number of aromatic nitrogens is 1. The maximum atomic E-state index is 6.34. The van der Waals surface area contributed by atoms with Crippen molar-refractivity contribution in [2.75, 3.05) is 6.16 Å². The Morgan fingerprint density at radius 3 is 1.90 bits per heavy atom. The summed E-state index contributed by atoms with van der Waals surface area (Å²) in [4.78, 5) is 4.53. The molecule has 0 unspecified atom stereocenters. The molecular weight excluding hydrogens is 531 g/mol. The summed E-state index contributed by atoms with van der Waals surface area (Å²) < 4.78 is 12.6. The van der Waals surface area contributed by atoms with Crippen LogP contribution in [0.3, 0.4) is 0 Å². The summed E-state index contributed by atoms with van der Waals surface area (Å²) >= 11 is -0.106. The van der Waals surface area contributed by atoms with Gasteiger partial charge in [-0.3, -0.25) is 4.98 Å². The number of nitrogens with zero attached hydrogens (tertiary/aromatic N) is 1. The third kappa shape index (κ3) is 6.59. The van der Waals surface area contributed by atoms with Gasteiger partial charge in [0, 0.05) is 12.4 Å². The Kier molecular flexibility index (Phi) is 9.30. The first-order valence-electron chi connectivity index (χ1n) is 9.50. The minimum absolute atomic E-state index is 0.0403. The molecule has 1 aromatic heterocycles. The van der Waals surface area contributed by atoms with Crippen molar-refractivity contribution in [3.63, 3.8) is 0 Å². The molecule has 1 aliphatic rings. The predicted molar refractivity (Wildman–Crippen MR) is 123 cm³/mol. The summed E-state index contributed by atoms with van der Waals surface area (Å²) in [6, 6.07) is 27.4. The van der Waals surface area contributed by atoms with E-state index in [9.17, 15) is 0 Å². The number of hydrogen-bond acceptors (Lipinski definition) is 3. The van der Waals surface area contributed by atoms with Crippen LogP contribution in [0.5, 0.6) is 0 Å². The number of benzene rings is 2. The molecular formula is C23H24Cl2NO2PPd. The van der Waals surface area contributed by atoms with E-state index >= 15 is 0 Å². The molecule has 2 aromatic carbocycles. The van der Waals surface area contributed by atoms with Gasteiger partial charge in [0.25, 0.3) is 0 Å². The first kappa shape index (κ1) is 23.8. The van der Waals surface area contributed by atoms with Crippen LogP contribution in [0.15, 0.2) is 85.1 Å². The van der Waals surface area contributed by atoms with Crippen LogP contribution in [0.25, 0.3) is 0 Å². The molecule has 162 valence electrons. The van der Waals surface area contributed by atoms with Crippen LogP contribution in [0.2, 0.25) is 0 Å². The Morgan fingerprint density at radius 2 is 1.40 bits per heavy atom. The molecule has 30 heavy (non-hydrogen) atoms. The van der Waals surface area contributed by atoms with Gasteiger partial charge in [-0.1, -0.05) is 66.7 Å². The molecule has 1 fully saturated rings. The van der Waals surface area contributed by atoms with Gasteiger partial charge in [-0.25, -0.2) is 0 Å². The van der Waals surface area contributed by atoms with E-state index in [0.717, 1.165) is 11.9 Å². The zero-order chi connectivity index (χ0) is 21.4. The second-order valence-electron chi connectivity index (χ2n) is 7.18. The molecule has 0 radical (unpaired) electrons. The van der Waals surface area contributed by atoms with Crippen molar-refractivity contribution in [2.24, 2.45) is 0 Å². The SMILES string of the molecule is CC1(C)O[C@@H](CP(c2ccccc2)c2ccccc2)[C@H](c2ccccn2)O1.[Cl][Pd][Cl]. The number of hydrogen-bond donors (Lipinski definition) is 0. The fourth-order valence-electron chi connectivity index (χ4n) is 3.52. The van der Waals surface area contributed by atoms with Crippen LogP contribution in [-0.2, 0) is 25.4 Å². The Balaban J connectivity index is 0.000000806. The van der Waals surface area contributed by atoms with Gasteiger partial charge in [-0.2, -0.15) is 0 Å². The summed E-state index contributed by atoms with van der Waals surface area (Å²) in [5.41, 5.74) is 0.934. The van der Waals surface area contributed by atoms with Crippen LogP contribution >= 0.6 is 27.0 Å². The Hall–Kier alpha value is -0.818. The van der Waals surface area contributed by atoms with Gasteiger partial charge < -0.3 is 9.47 Å². The van der Waals surface area contributed by atoms with E-state index in [2.05, 4.69) is 65.6 Å². The van der Waals surface area contributed by atoms with Gasteiger partial charge >= 0.3 is 35.0 Å². The van der Waals surface area contributed by atoms with Crippen LogP contribution in [0.4, 0.5) is 0 Å². The number of halogens is 2. The summed E-state index contributed by atoms with van der Waals surface area (Å²) in [5, 5.41) is 2.71. The molecule has 2 heterocycles. The zero-order valence-electron chi connectivity index (χ0n) is 16.7. The van der Waals surface area contributed by atoms with E-state index in [1.807, 2.05) is 38.2 Å². The van der Waals surface area contributed by atoms with Gasteiger partial charge in [-0.15, -0.1) is 0 Å². The Bertz CT molecular complexity index is 848. The number of pyridine rings is 1. The maximum absolute atomic E-state index is 6.34. The van der Waals surface area contributed by atoms with Crippen LogP contribution in [0.1, 0.15) is 25.6 Å². The van der Waals surface area contributed by atoms with Crippen molar-refractivity contribution in [1.29, 1.82) is 0 Å². The summed E-state index contributed by atoms with van der Waals surface area (Å²) in [6.45, 7) is 3.96. The van der Waals surface area contributed by atoms with Crippen LogP contribution in [0, 0.1) is 0 Å². The van der Waals surface area contributed by atoms with Crippen LogP contribution < -0.4 is 10.6 Å². The van der Waals surface area contributed by atoms with Gasteiger partial charge in [0.15, 0.2) is 5.79 Å². The standard InChI is InChI=1S/C23H24NO2P.2ClH.Pd/c1-23(2)25-21(22(26-23)20-15-9-10-16-24-20)17-27(18-11-5-3-6-12-18)19-13-7-4-8-14-19;;;/h3-16,21-22H,17H2,1-2H3;2*1H;/q;;;+2/p-2/t21-,22-;;;/m0.../s1. The number of rotatable bonds is 5. The van der Waals surface area contributed by atoms with Crippen molar-refractivity contribution < 1.29 is 25.4 Å². The van der Waals surface area contributed by atoms with E-state index in [0.29, 0.717) is 0 Å². The van der Waals surface area contributed by atoms with E-state index in [-0.39, 0.29) is 28.1 Å². The molecule has 3 nitrogen and oxygen atoms in total. The molecule has 0 spiro atoms. The molecule has 0 bridgehead atoms. The van der Waals surface area contributed by atoms with Crippen molar-refractivity contribution in [3.8, 4) is 0 Å². The third-order valence-corrected chi connectivity index (χ3v) is 7.23. The fourth-order valence-corrected chi connectivity index (χ4v) is 5.93. The molecule has 0 N–H and O–H groups in total. The second-order valence-corrected chi connectivity index (χ2v) is 11.8. The molecule has 7 heteroatoms. The van der Waals surface area contributed by atoms with E-state index in [4.69, 9.17) is 28.5 Å². The minimum atomic E-state index is -0.610. The summed E-state index contributed by atoms with van der Waals surface area (Å²) in [6.07, 6.45) is 2.52. The first-order valence-corrected chi connectivity index (χ1v) is 15.0. The van der Waals surface area contributed by atoms with Crippen molar-refractivity contribution in [1.82, 2.24) is 4.98 Å². The quantitative estimate of drug-likeness (QED) is 0.296.